The van der Waals surface area contributed by atoms with Crippen LogP contribution in [0.15, 0.2) is 45.3 Å². The van der Waals surface area contributed by atoms with Gasteiger partial charge in [-0.2, -0.15) is 0 Å². The van der Waals surface area contributed by atoms with Crippen LogP contribution in [-0.4, -0.2) is 20.4 Å². The fraction of sp³-hybridized carbons (Fsp3) is 0.333. The summed E-state index contributed by atoms with van der Waals surface area (Å²) in [5.74, 6) is 0. The van der Waals surface area contributed by atoms with Crippen molar-refractivity contribution < 1.29 is 4.42 Å². The lowest BCUT2D eigenvalue weighted by Gasteiger charge is -2.08. The van der Waals surface area contributed by atoms with Gasteiger partial charge in [0.25, 0.3) is 5.22 Å². The van der Waals surface area contributed by atoms with Gasteiger partial charge < -0.3 is 14.1 Å². The van der Waals surface area contributed by atoms with Crippen LogP contribution < -0.4 is 5.32 Å². The number of rotatable bonds is 5. The van der Waals surface area contributed by atoms with E-state index in [9.17, 15) is 0 Å². The third kappa shape index (κ3) is 3.11. The Balaban J connectivity index is 1.97. The summed E-state index contributed by atoms with van der Waals surface area (Å²) < 4.78 is 7.53. The van der Waals surface area contributed by atoms with Crippen molar-refractivity contribution in [1.82, 2.24) is 19.7 Å². The van der Waals surface area contributed by atoms with Crippen molar-refractivity contribution in [3.8, 4) is 0 Å². The summed E-state index contributed by atoms with van der Waals surface area (Å²) in [6.07, 6.45) is 3.69. The van der Waals surface area contributed by atoms with E-state index in [1.807, 2.05) is 31.3 Å². The molecule has 0 aliphatic heterocycles. The Bertz CT molecular complexity index is 747. The molecule has 0 fully saturated rings. The molecule has 3 aromatic rings. The molecule has 0 atom stereocenters. The average Bonchev–Trinajstić information content (AvgIpc) is 3.00. The molecule has 0 aliphatic rings. The number of aromatic nitrogens is 3. The zero-order chi connectivity index (χ0) is 14.8. The number of fused-ring (bicyclic) bond motifs is 1. The van der Waals surface area contributed by atoms with E-state index in [-0.39, 0.29) is 0 Å². The second-order valence-electron chi connectivity index (χ2n) is 5.18. The summed E-state index contributed by atoms with van der Waals surface area (Å²) in [6.45, 7) is 6.93. The molecule has 21 heavy (non-hydrogen) atoms. The second kappa shape index (κ2) is 5.91. The number of imidazole rings is 1. The Morgan fingerprint density at radius 2 is 2.19 bits per heavy atom. The molecule has 0 saturated carbocycles. The third-order valence-electron chi connectivity index (χ3n) is 3.05. The molecule has 0 amide bonds. The third-order valence-corrected chi connectivity index (χ3v) is 3.93. The molecule has 0 bridgehead atoms. The Labute approximate surface area is 127 Å². The lowest BCUT2D eigenvalue weighted by atomic mass is 10.3. The van der Waals surface area contributed by atoms with Crippen molar-refractivity contribution in [2.24, 2.45) is 0 Å². The first-order valence-electron chi connectivity index (χ1n) is 6.93. The molecule has 0 spiro atoms. The molecule has 0 radical (unpaired) electrons. The minimum Gasteiger partial charge on any atom is -0.439 e. The fourth-order valence-corrected chi connectivity index (χ4v) is 2.91. The van der Waals surface area contributed by atoms with E-state index in [1.165, 1.54) is 11.8 Å². The first-order chi connectivity index (χ1) is 10.1. The van der Waals surface area contributed by atoms with Crippen LogP contribution in [0.25, 0.3) is 5.65 Å². The van der Waals surface area contributed by atoms with E-state index >= 15 is 0 Å². The number of nitrogens with one attached hydrogen (secondary N) is 1. The van der Waals surface area contributed by atoms with Crippen molar-refractivity contribution in [3.05, 3.63) is 42.0 Å². The quantitative estimate of drug-likeness (QED) is 0.784. The van der Waals surface area contributed by atoms with Gasteiger partial charge >= 0.3 is 0 Å². The molecule has 6 heteroatoms. The Morgan fingerprint density at radius 1 is 1.33 bits per heavy atom. The van der Waals surface area contributed by atoms with Crippen molar-refractivity contribution >= 4 is 17.4 Å². The molecular formula is C15H18N4OS. The highest BCUT2D eigenvalue weighted by Crippen LogP contribution is 2.30. The molecule has 3 rings (SSSR count). The van der Waals surface area contributed by atoms with Crippen LogP contribution in [0.5, 0.6) is 0 Å². The summed E-state index contributed by atoms with van der Waals surface area (Å²) in [6, 6.07) is 6.42. The molecule has 0 aromatic carbocycles. The summed E-state index contributed by atoms with van der Waals surface area (Å²) in [7, 11) is 0. The minimum absolute atomic E-state index is 0.418. The summed E-state index contributed by atoms with van der Waals surface area (Å²) in [5, 5.41) is 5.00. The number of aryl methyl sites for hydroxylation is 1. The van der Waals surface area contributed by atoms with E-state index in [0.717, 1.165) is 28.6 Å². The fourth-order valence-electron chi connectivity index (χ4n) is 2.03. The van der Waals surface area contributed by atoms with Gasteiger partial charge in [0.05, 0.1) is 11.4 Å². The zero-order valence-corrected chi connectivity index (χ0v) is 13.1. The van der Waals surface area contributed by atoms with Crippen LogP contribution in [0.2, 0.25) is 0 Å². The summed E-state index contributed by atoms with van der Waals surface area (Å²) in [5.41, 5.74) is 2.94. The normalized spacial score (nSPS) is 11.6. The van der Waals surface area contributed by atoms with Crippen LogP contribution in [0.4, 0.5) is 0 Å². The summed E-state index contributed by atoms with van der Waals surface area (Å²) >= 11 is 1.46. The largest absolute Gasteiger partial charge is 0.439 e. The van der Waals surface area contributed by atoms with Gasteiger partial charge in [0.15, 0.2) is 0 Å². The van der Waals surface area contributed by atoms with Crippen LogP contribution in [-0.2, 0) is 6.54 Å². The first-order valence-corrected chi connectivity index (χ1v) is 7.74. The topological polar surface area (TPSA) is 55.4 Å². The van der Waals surface area contributed by atoms with Gasteiger partial charge in [-0.05, 0) is 30.8 Å². The maximum atomic E-state index is 5.43. The maximum absolute atomic E-state index is 5.43. The first kappa shape index (κ1) is 14.2. The highest BCUT2D eigenvalue weighted by molar-refractivity contribution is 7.99. The molecule has 0 saturated heterocycles. The molecule has 5 nitrogen and oxygen atoms in total. The van der Waals surface area contributed by atoms with Gasteiger partial charge in [-0.3, -0.25) is 0 Å². The van der Waals surface area contributed by atoms with E-state index in [1.54, 1.807) is 6.26 Å². The molecule has 1 N–H and O–H groups in total. The average molecular weight is 302 g/mol. The number of hydrogen-bond donors (Lipinski definition) is 1. The smallest absolute Gasteiger partial charge is 0.262 e. The van der Waals surface area contributed by atoms with Crippen LogP contribution in [0.3, 0.4) is 0 Å². The van der Waals surface area contributed by atoms with E-state index < -0.39 is 0 Å². The Morgan fingerprint density at radius 3 is 2.90 bits per heavy atom. The number of nitrogens with zero attached hydrogens (tertiary/aromatic N) is 3. The highest BCUT2D eigenvalue weighted by atomic mass is 32.2. The van der Waals surface area contributed by atoms with Gasteiger partial charge in [-0.1, -0.05) is 19.9 Å². The van der Waals surface area contributed by atoms with Crippen LogP contribution in [0, 0.1) is 6.92 Å². The van der Waals surface area contributed by atoms with Gasteiger partial charge in [0.2, 0.25) is 0 Å². The predicted molar refractivity (Wildman–Crippen MR) is 82.5 cm³/mol. The van der Waals surface area contributed by atoms with Gasteiger partial charge in [-0.25, -0.2) is 9.97 Å². The highest BCUT2D eigenvalue weighted by Gasteiger charge is 2.15. The molecule has 3 aromatic heterocycles. The number of hydrogen-bond acceptors (Lipinski definition) is 5. The van der Waals surface area contributed by atoms with Gasteiger partial charge in [0.1, 0.15) is 16.9 Å². The molecule has 110 valence electrons. The molecule has 0 unspecified atom stereocenters. The molecule has 0 aliphatic carbocycles. The van der Waals surface area contributed by atoms with Crippen molar-refractivity contribution in [2.75, 3.05) is 0 Å². The predicted octanol–water partition coefficient (Wildman–Crippen LogP) is 3.28. The second-order valence-corrected chi connectivity index (χ2v) is 6.13. The molecular weight excluding hydrogens is 284 g/mol. The number of oxazole rings is 1. The van der Waals surface area contributed by atoms with E-state index in [0.29, 0.717) is 11.3 Å². The Hall–Kier alpha value is -1.79. The van der Waals surface area contributed by atoms with E-state index in [4.69, 9.17) is 4.42 Å². The minimum atomic E-state index is 0.418. The maximum Gasteiger partial charge on any atom is 0.262 e. The monoisotopic (exact) mass is 302 g/mol. The van der Waals surface area contributed by atoms with Gasteiger partial charge in [-0.15, -0.1) is 0 Å². The van der Waals surface area contributed by atoms with Crippen LogP contribution in [0.1, 0.15) is 25.2 Å². The molecule has 3 heterocycles. The lowest BCUT2D eigenvalue weighted by molar-refractivity contribution is 0.453. The van der Waals surface area contributed by atoms with Gasteiger partial charge in [0, 0.05) is 18.8 Å². The van der Waals surface area contributed by atoms with Crippen molar-refractivity contribution in [2.45, 2.75) is 43.6 Å². The SMILES string of the molecule is Cc1coc(Sc2nc3ccccn3c2CNC(C)C)n1. The van der Waals surface area contributed by atoms with Crippen LogP contribution >= 0.6 is 11.8 Å². The van der Waals surface area contributed by atoms with Crippen molar-refractivity contribution in [3.63, 3.8) is 0 Å². The standard InChI is InChI=1S/C15H18N4OS/c1-10(2)16-8-12-14(21-15-17-11(3)9-20-15)18-13-6-4-5-7-19(12)13/h4-7,9-10,16H,8H2,1-3H3. The summed E-state index contributed by atoms with van der Waals surface area (Å²) in [4.78, 5) is 9.02. The zero-order valence-electron chi connectivity index (χ0n) is 12.3. The van der Waals surface area contributed by atoms with E-state index in [2.05, 4.69) is 33.5 Å². The Kier molecular flexibility index (Phi) is 3.98. The van der Waals surface area contributed by atoms with Crippen molar-refractivity contribution in [1.29, 1.82) is 0 Å². The lowest BCUT2D eigenvalue weighted by Crippen LogP contribution is -2.23. The number of pyridine rings is 1.